The number of carbonyl (C=O) groups is 2. The third kappa shape index (κ3) is 43.7. The zero-order valence-electron chi connectivity index (χ0n) is 48.8. The summed E-state index contributed by atoms with van der Waals surface area (Å²) in [4.78, 5) is 25.0. The number of unbranched alkanes of at least 4 members (excludes halogenated alkanes) is 40. The van der Waals surface area contributed by atoms with Crippen molar-refractivity contribution in [2.24, 2.45) is 0 Å². The average Bonchev–Trinajstić information content (AvgIpc) is 3.41. The number of nitrogens with one attached hydrogen (secondary N) is 1. The van der Waals surface area contributed by atoms with Gasteiger partial charge in [-0.25, -0.2) is 0 Å². The number of aliphatic hydroxyl groups is 5. The smallest absolute Gasteiger partial charge is 0.305 e. The summed E-state index contributed by atoms with van der Waals surface area (Å²) in [6, 6.07) is -0.823. The van der Waals surface area contributed by atoms with Gasteiger partial charge in [-0.2, -0.15) is 0 Å². The molecule has 75 heavy (non-hydrogen) atoms. The van der Waals surface area contributed by atoms with E-state index in [-0.39, 0.29) is 18.5 Å². The van der Waals surface area contributed by atoms with Gasteiger partial charge in [-0.1, -0.05) is 276 Å². The monoisotopic (exact) mass is 1060 g/mol. The van der Waals surface area contributed by atoms with Crippen molar-refractivity contribution in [2.75, 3.05) is 19.8 Å². The highest BCUT2D eigenvalue weighted by atomic mass is 16.7. The Hall–Kier alpha value is -1.86. The van der Waals surface area contributed by atoms with Gasteiger partial charge in [0.2, 0.25) is 5.91 Å². The van der Waals surface area contributed by atoms with Crippen LogP contribution in [-0.2, 0) is 23.8 Å². The number of carbonyl (C=O) groups excluding carboxylic acids is 2. The highest BCUT2D eigenvalue weighted by molar-refractivity contribution is 5.76. The number of aliphatic hydroxyl groups excluding tert-OH is 5. The van der Waals surface area contributed by atoms with E-state index in [1.165, 1.54) is 225 Å². The van der Waals surface area contributed by atoms with Crippen molar-refractivity contribution < 1.29 is 49.3 Å². The third-order valence-corrected chi connectivity index (χ3v) is 15.3. The second-order valence-electron chi connectivity index (χ2n) is 22.5. The number of hydrogen-bond donors (Lipinski definition) is 6. The molecule has 0 aliphatic carbocycles. The minimum absolute atomic E-state index is 0.00801. The van der Waals surface area contributed by atoms with Gasteiger partial charge in [0.05, 0.1) is 32.0 Å². The molecule has 11 nitrogen and oxygen atoms in total. The molecule has 1 aliphatic rings. The number of amides is 1. The predicted octanol–water partition coefficient (Wildman–Crippen LogP) is 15.3. The Morgan fingerprint density at radius 1 is 0.480 bits per heavy atom. The summed E-state index contributed by atoms with van der Waals surface area (Å²) in [6.45, 7) is 4.30. The number of esters is 1. The first-order valence-corrected chi connectivity index (χ1v) is 32.1. The molecule has 442 valence electrons. The molecule has 1 amide bonds. The molecular weight excluding hydrogens is 943 g/mol. The van der Waals surface area contributed by atoms with E-state index in [1.807, 2.05) is 6.08 Å². The van der Waals surface area contributed by atoms with Crippen LogP contribution in [0.4, 0.5) is 0 Å². The Morgan fingerprint density at radius 3 is 1.32 bits per heavy atom. The standard InChI is InChI=1S/C64H121NO10/c1-3-5-7-9-11-13-31-36-40-44-48-52-60(69)73-53-49-45-41-37-33-30-28-26-24-22-20-18-16-14-15-17-19-21-23-25-27-29-32-35-39-43-47-51-59(68)65-56(57(67)50-46-42-38-34-12-10-8-6-4-2)55-74-64-63(72)62(71)61(70)58(54-66)75-64/h12,34,46,50,56-58,61-64,66-67,70-72H,3-11,13-33,35-45,47-49,51-55H2,1-2H3,(H,65,68)/b34-12+,50-46+. The lowest BCUT2D eigenvalue weighted by atomic mass is 9.99. The van der Waals surface area contributed by atoms with Crippen LogP contribution in [0.3, 0.4) is 0 Å². The van der Waals surface area contributed by atoms with E-state index < -0.39 is 49.5 Å². The number of hydrogen-bond acceptors (Lipinski definition) is 10. The van der Waals surface area contributed by atoms with E-state index in [0.29, 0.717) is 19.4 Å². The van der Waals surface area contributed by atoms with Gasteiger partial charge in [0.25, 0.3) is 0 Å². The van der Waals surface area contributed by atoms with Gasteiger partial charge in [0, 0.05) is 12.8 Å². The second kappa shape index (κ2) is 54.1. The van der Waals surface area contributed by atoms with E-state index >= 15 is 0 Å². The number of ether oxygens (including phenoxy) is 3. The van der Waals surface area contributed by atoms with Gasteiger partial charge in [-0.05, 0) is 44.9 Å². The molecule has 0 aromatic carbocycles. The largest absolute Gasteiger partial charge is 0.466 e. The SMILES string of the molecule is CCCCC/C=C/CC/C=C/C(O)C(COC1OC(CO)C(O)C(O)C1O)NC(=O)CCCCCCCCCCCCCCCCCCCCCCCCCCCCCOC(=O)CCCCCCCCCCCCC. The van der Waals surface area contributed by atoms with Crippen molar-refractivity contribution >= 4 is 11.9 Å². The summed E-state index contributed by atoms with van der Waals surface area (Å²) in [5.74, 6) is -0.183. The van der Waals surface area contributed by atoms with E-state index in [0.717, 1.165) is 57.8 Å². The Labute approximate surface area is 461 Å². The molecule has 1 fully saturated rings. The quantitative estimate of drug-likeness (QED) is 0.0195. The molecule has 0 spiro atoms. The van der Waals surface area contributed by atoms with Gasteiger partial charge in [0.1, 0.15) is 24.4 Å². The minimum Gasteiger partial charge on any atom is -0.466 e. The van der Waals surface area contributed by atoms with Crippen LogP contribution >= 0.6 is 0 Å². The van der Waals surface area contributed by atoms with Crippen LogP contribution in [-0.4, -0.2) is 100 Å². The van der Waals surface area contributed by atoms with Crippen molar-refractivity contribution in [3.05, 3.63) is 24.3 Å². The van der Waals surface area contributed by atoms with Crippen LogP contribution in [0.2, 0.25) is 0 Å². The Bertz CT molecular complexity index is 1300. The number of rotatable bonds is 56. The molecule has 1 aliphatic heterocycles. The third-order valence-electron chi connectivity index (χ3n) is 15.3. The van der Waals surface area contributed by atoms with Gasteiger partial charge in [-0.3, -0.25) is 9.59 Å². The molecule has 1 heterocycles. The summed E-state index contributed by atoms with van der Waals surface area (Å²) in [6.07, 6.45) is 56.0. The fraction of sp³-hybridized carbons (Fsp3) is 0.906. The molecule has 0 radical (unpaired) electrons. The zero-order valence-corrected chi connectivity index (χ0v) is 48.8. The highest BCUT2D eigenvalue weighted by Crippen LogP contribution is 2.23. The second-order valence-corrected chi connectivity index (χ2v) is 22.5. The van der Waals surface area contributed by atoms with Crippen LogP contribution in [0.25, 0.3) is 0 Å². The molecule has 6 N–H and O–H groups in total. The molecular formula is C64H121NO10. The van der Waals surface area contributed by atoms with E-state index in [4.69, 9.17) is 14.2 Å². The topological polar surface area (TPSA) is 175 Å². The first-order valence-electron chi connectivity index (χ1n) is 32.1. The predicted molar refractivity (Wildman–Crippen MR) is 311 cm³/mol. The summed E-state index contributed by atoms with van der Waals surface area (Å²) in [7, 11) is 0. The zero-order chi connectivity index (χ0) is 54.5. The summed E-state index contributed by atoms with van der Waals surface area (Å²) >= 11 is 0. The van der Waals surface area contributed by atoms with Gasteiger partial charge >= 0.3 is 5.97 Å². The highest BCUT2D eigenvalue weighted by Gasteiger charge is 2.44. The summed E-state index contributed by atoms with van der Waals surface area (Å²) in [5, 5.41) is 54.2. The van der Waals surface area contributed by atoms with Crippen molar-refractivity contribution in [1.29, 1.82) is 0 Å². The van der Waals surface area contributed by atoms with E-state index in [2.05, 4.69) is 31.3 Å². The van der Waals surface area contributed by atoms with Crippen LogP contribution in [0.15, 0.2) is 24.3 Å². The van der Waals surface area contributed by atoms with Crippen molar-refractivity contribution in [2.45, 2.75) is 352 Å². The molecule has 11 heteroatoms. The van der Waals surface area contributed by atoms with Crippen molar-refractivity contribution in [3.8, 4) is 0 Å². The molecule has 1 saturated heterocycles. The Morgan fingerprint density at radius 2 is 0.867 bits per heavy atom. The van der Waals surface area contributed by atoms with Gasteiger partial charge in [-0.15, -0.1) is 0 Å². The Balaban J connectivity index is 1.95. The van der Waals surface area contributed by atoms with Crippen LogP contribution in [0.5, 0.6) is 0 Å². The molecule has 0 aromatic heterocycles. The first-order chi connectivity index (χ1) is 36.7. The fourth-order valence-electron chi connectivity index (χ4n) is 10.2. The molecule has 7 unspecified atom stereocenters. The average molecular weight is 1060 g/mol. The van der Waals surface area contributed by atoms with Crippen LogP contribution < -0.4 is 5.32 Å². The molecule has 0 aromatic rings. The maximum Gasteiger partial charge on any atom is 0.305 e. The Kier molecular flexibility index (Phi) is 51.3. The van der Waals surface area contributed by atoms with Crippen molar-refractivity contribution in [1.82, 2.24) is 5.32 Å². The maximum absolute atomic E-state index is 13.0. The van der Waals surface area contributed by atoms with Gasteiger partial charge in [0.15, 0.2) is 6.29 Å². The van der Waals surface area contributed by atoms with Crippen molar-refractivity contribution in [3.63, 3.8) is 0 Å². The van der Waals surface area contributed by atoms with Crippen LogP contribution in [0.1, 0.15) is 309 Å². The van der Waals surface area contributed by atoms with Crippen LogP contribution in [0, 0.1) is 0 Å². The summed E-state index contributed by atoms with van der Waals surface area (Å²) < 4.78 is 16.7. The van der Waals surface area contributed by atoms with E-state index in [1.54, 1.807) is 6.08 Å². The molecule has 7 atom stereocenters. The lowest BCUT2D eigenvalue weighted by Crippen LogP contribution is -2.60. The lowest BCUT2D eigenvalue weighted by Gasteiger charge is -2.40. The fourth-order valence-corrected chi connectivity index (χ4v) is 10.2. The summed E-state index contributed by atoms with van der Waals surface area (Å²) in [5.41, 5.74) is 0. The van der Waals surface area contributed by atoms with Gasteiger partial charge < -0.3 is 45.1 Å². The molecule has 1 rings (SSSR count). The molecule has 0 bridgehead atoms. The lowest BCUT2D eigenvalue weighted by molar-refractivity contribution is -0.302. The first kappa shape index (κ1) is 71.2. The van der Waals surface area contributed by atoms with E-state index in [9.17, 15) is 35.1 Å². The molecule has 0 saturated carbocycles. The maximum atomic E-state index is 13.0. The number of allylic oxidation sites excluding steroid dienone is 3. The minimum atomic E-state index is -1.57. The normalized spacial score (nSPS) is 18.8.